The van der Waals surface area contributed by atoms with E-state index in [-0.39, 0.29) is 17.8 Å². The summed E-state index contributed by atoms with van der Waals surface area (Å²) in [6.07, 6.45) is 6.60. The van der Waals surface area contributed by atoms with Crippen molar-refractivity contribution in [3.63, 3.8) is 0 Å². The molecule has 1 aromatic rings. The largest absolute Gasteiger partial charge is 0.466 e. The predicted molar refractivity (Wildman–Crippen MR) is 116 cm³/mol. The molecule has 162 valence electrons. The van der Waals surface area contributed by atoms with Crippen molar-refractivity contribution in [2.45, 2.75) is 51.2 Å². The Labute approximate surface area is 177 Å². The van der Waals surface area contributed by atoms with Gasteiger partial charge in [-0.2, -0.15) is 11.8 Å². The zero-order valence-corrected chi connectivity index (χ0v) is 17.8. The number of thioether (sulfide) groups is 1. The molecule has 0 aliphatic heterocycles. The van der Waals surface area contributed by atoms with E-state index in [1.807, 2.05) is 6.08 Å². The van der Waals surface area contributed by atoms with Gasteiger partial charge in [-0.1, -0.05) is 24.3 Å². The molecular weight excluding hydrogens is 393 g/mol. The average molecular weight is 426 g/mol. The third-order valence-corrected chi connectivity index (χ3v) is 5.22. The highest BCUT2D eigenvalue weighted by Gasteiger charge is 2.07. The van der Waals surface area contributed by atoms with Crippen LogP contribution in [0.5, 0.6) is 0 Å². The van der Waals surface area contributed by atoms with E-state index < -0.39 is 6.10 Å². The van der Waals surface area contributed by atoms with Gasteiger partial charge in [0.2, 0.25) is 0 Å². The summed E-state index contributed by atoms with van der Waals surface area (Å²) in [5, 5.41) is 13.6. The lowest BCUT2D eigenvalue weighted by molar-refractivity contribution is -0.143. The second-order valence-electron chi connectivity index (χ2n) is 6.61. The second kappa shape index (κ2) is 16.1. The molecule has 5 nitrogen and oxygen atoms in total. The first-order valence-electron chi connectivity index (χ1n) is 10.1. The number of carbonyl (C=O) groups excluding carboxylic acids is 2. The van der Waals surface area contributed by atoms with Crippen molar-refractivity contribution in [1.29, 1.82) is 0 Å². The Kier molecular flexibility index (Phi) is 14.1. The van der Waals surface area contributed by atoms with Crippen molar-refractivity contribution in [2.24, 2.45) is 0 Å². The minimum absolute atomic E-state index is 0.00296. The van der Waals surface area contributed by atoms with Crippen LogP contribution in [0.3, 0.4) is 0 Å². The highest BCUT2D eigenvalue weighted by molar-refractivity contribution is 7.99. The predicted octanol–water partition coefficient (Wildman–Crippen LogP) is 3.30. The molecule has 1 aromatic carbocycles. The van der Waals surface area contributed by atoms with E-state index in [1.165, 1.54) is 12.1 Å². The molecular formula is C22H32FNO4S. The number of ether oxygens (including phenoxy) is 1. The molecule has 0 saturated heterocycles. The van der Waals surface area contributed by atoms with Crippen molar-refractivity contribution >= 4 is 24.0 Å². The molecule has 0 amide bonds. The average Bonchev–Trinajstić information content (AvgIpc) is 2.70. The van der Waals surface area contributed by atoms with Crippen LogP contribution in [0.25, 0.3) is 0 Å². The molecule has 0 saturated carbocycles. The van der Waals surface area contributed by atoms with Crippen LogP contribution in [-0.4, -0.2) is 54.2 Å². The summed E-state index contributed by atoms with van der Waals surface area (Å²) < 4.78 is 17.8. The zero-order valence-electron chi connectivity index (χ0n) is 17.0. The number of hydrogen-bond acceptors (Lipinski definition) is 6. The fourth-order valence-electron chi connectivity index (χ4n) is 2.68. The standard InChI is InChI=1S/C22H32FNO4S/c1-2-28-22(27)6-4-15-29-16-13-24-20(5-3-14-25)11-12-21(26)17-18-7-9-19(23)10-8-18/h7-12,14,20-21,24,26H,2-6,13,15-17H2,1H3/b12-11+/t20-,21-/m1/s1. The third kappa shape index (κ3) is 13.2. The Morgan fingerprint density at radius 3 is 2.72 bits per heavy atom. The number of halogens is 1. The Bertz CT molecular complexity index is 609. The van der Waals surface area contributed by atoms with Gasteiger partial charge < -0.3 is 20.0 Å². The van der Waals surface area contributed by atoms with Crippen molar-refractivity contribution < 1.29 is 23.8 Å². The summed E-state index contributed by atoms with van der Waals surface area (Å²) in [6.45, 7) is 2.99. The topological polar surface area (TPSA) is 75.6 Å². The van der Waals surface area contributed by atoms with Crippen LogP contribution in [0.1, 0.15) is 38.2 Å². The second-order valence-corrected chi connectivity index (χ2v) is 7.83. The molecule has 0 aliphatic carbocycles. The van der Waals surface area contributed by atoms with Gasteiger partial charge in [0.05, 0.1) is 12.7 Å². The molecule has 0 bridgehead atoms. The summed E-state index contributed by atoms with van der Waals surface area (Å²) in [6, 6.07) is 6.08. The van der Waals surface area contributed by atoms with Crippen LogP contribution >= 0.6 is 11.8 Å². The number of esters is 1. The van der Waals surface area contributed by atoms with E-state index in [1.54, 1.807) is 36.9 Å². The van der Waals surface area contributed by atoms with Crippen LogP contribution in [0.15, 0.2) is 36.4 Å². The van der Waals surface area contributed by atoms with Crippen LogP contribution in [-0.2, 0) is 20.7 Å². The first kappa shape index (κ1) is 25.3. The lowest BCUT2D eigenvalue weighted by atomic mass is 10.1. The molecule has 0 unspecified atom stereocenters. The Morgan fingerprint density at radius 1 is 1.28 bits per heavy atom. The number of aliphatic hydroxyl groups excluding tert-OH is 1. The molecule has 1 rings (SSSR count). The van der Waals surface area contributed by atoms with E-state index >= 15 is 0 Å². The quantitative estimate of drug-likeness (QED) is 0.183. The zero-order chi connectivity index (χ0) is 21.3. The van der Waals surface area contributed by atoms with Gasteiger partial charge >= 0.3 is 5.97 Å². The molecule has 0 aliphatic rings. The summed E-state index contributed by atoms with van der Waals surface area (Å²) in [4.78, 5) is 22.0. The minimum atomic E-state index is -0.668. The Balaban J connectivity index is 2.29. The molecule has 0 fully saturated rings. The van der Waals surface area contributed by atoms with Gasteiger partial charge in [0.25, 0.3) is 0 Å². The van der Waals surface area contributed by atoms with E-state index in [4.69, 9.17) is 4.74 Å². The minimum Gasteiger partial charge on any atom is -0.466 e. The van der Waals surface area contributed by atoms with Crippen molar-refractivity contribution in [2.75, 3.05) is 24.7 Å². The number of nitrogens with one attached hydrogen (secondary N) is 1. The number of benzene rings is 1. The van der Waals surface area contributed by atoms with Crippen molar-refractivity contribution in [3.8, 4) is 0 Å². The molecule has 2 atom stereocenters. The number of rotatable bonds is 16. The molecule has 0 heterocycles. The molecule has 7 heteroatoms. The normalized spacial score (nSPS) is 13.3. The third-order valence-electron chi connectivity index (χ3n) is 4.15. The van der Waals surface area contributed by atoms with Crippen LogP contribution in [0.4, 0.5) is 4.39 Å². The maximum atomic E-state index is 12.9. The molecule has 0 aromatic heterocycles. The van der Waals surface area contributed by atoms with Crippen LogP contribution < -0.4 is 5.32 Å². The van der Waals surface area contributed by atoms with Crippen molar-refractivity contribution in [1.82, 2.24) is 5.32 Å². The van der Waals surface area contributed by atoms with Crippen molar-refractivity contribution in [3.05, 3.63) is 47.8 Å². The van der Waals surface area contributed by atoms with E-state index in [9.17, 15) is 19.1 Å². The van der Waals surface area contributed by atoms with Gasteiger partial charge in [0, 0.05) is 37.6 Å². The Hall–Kier alpha value is -1.70. The number of carbonyl (C=O) groups is 2. The van der Waals surface area contributed by atoms with Gasteiger partial charge in [-0.15, -0.1) is 0 Å². The molecule has 0 radical (unpaired) electrons. The summed E-state index contributed by atoms with van der Waals surface area (Å²) >= 11 is 1.76. The van der Waals surface area contributed by atoms with Gasteiger partial charge in [-0.05, 0) is 43.2 Å². The highest BCUT2D eigenvalue weighted by atomic mass is 32.2. The lowest BCUT2D eigenvalue weighted by Crippen LogP contribution is -2.30. The van der Waals surface area contributed by atoms with Gasteiger partial charge in [0.15, 0.2) is 0 Å². The number of hydrogen-bond donors (Lipinski definition) is 2. The maximum Gasteiger partial charge on any atom is 0.305 e. The molecule has 2 N–H and O–H groups in total. The fraction of sp³-hybridized carbons (Fsp3) is 0.545. The van der Waals surface area contributed by atoms with Crippen LogP contribution in [0, 0.1) is 5.82 Å². The smallest absolute Gasteiger partial charge is 0.305 e. The molecule has 0 spiro atoms. The van der Waals surface area contributed by atoms with E-state index in [2.05, 4.69) is 5.32 Å². The molecule has 29 heavy (non-hydrogen) atoms. The van der Waals surface area contributed by atoms with Gasteiger partial charge in [0.1, 0.15) is 12.1 Å². The summed E-state index contributed by atoms with van der Waals surface area (Å²) in [5.41, 5.74) is 0.861. The van der Waals surface area contributed by atoms with E-state index in [0.29, 0.717) is 32.3 Å². The highest BCUT2D eigenvalue weighted by Crippen LogP contribution is 2.08. The first-order valence-corrected chi connectivity index (χ1v) is 11.2. The Morgan fingerprint density at radius 2 is 2.03 bits per heavy atom. The number of aldehydes is 1. The van der Waals surface area contributed by atoms with Gasteiger partial charge in [-0.3, -0.25) is 4.79 Å². The first-order chi connectivity index (χ1) is 14.0. The monoisotopic (exact) mass is 425 g/mol. The SMILES string of the molecule is CCOC(=O)CCCSCCN[C@@H](/C=C/[C@@H](O)Cc1ccc(F)cc1)CCC=O. The summed E-state index contributed by atoms with van der Waals surface area (Å²) in [7, 11) is 0. The fourth-order valence-corrected chi connectivity index (χ4v) is 3.49. The van der Waals surface area contributed by atoms with Gasteiger partial charge in [-0.25, -0.2) is 4.39 Å². The summed E-state index contributed by atoms with van der Waals surface area (Å²) in [5.74, 6) is 1.35. The number of aliphatic hydroxyl groups is 1. The van der Waals surface area contributed by atoms with E-state index in [0.717, 1.165) is 36.3 Å². The maximum absolute atomic E-state index is 12.9. The lowest BCUT2D eigenvalue weighted by Gasteiger charge is -2.15. The van der Waals surface area contributed by atoms with Crippen LogP contribution in [0.2, 0.25) is 0 Å².